The minimum atomic E-state index is -0.622. The summed E-state index contributed by atoms with van der Waals surface area (Å²) < 4.78 is 0. The predicted octanol–water partition coefficient (Wildman–Crippen LogP) is -0.0358. The molecule has 0 aromatic heterocycles. The number of nitrogens with two attached hydrogens (primary N) is 1. The molecule has 0 spiro atoms. The van der Waals surface area contributed by atoms with Crippen LogP contribution in [0.25, 0.3) is 0 Å². The van der Waals surface area contributed by atoms with Crippen LogP contribution in [0.2, 0.25) is 0 Å². The highest BCUT2D eigenvalue weighted by Gasteiger charge is 2.38. The Morgan fingerprint density at radius 2 is 2.12 bits per heavy atom. The zero-order valence-corrected chi connectivity index (χ0v) is 15.0. The maximum absolute atomic E-state index is 12.8. The Labute approximate surface area is 153 Å². The number of benzene rings is 1. The minimum absolute atomic E-state index is 0.0437. The second-order valence-corrected chi connectivity index (χ2v) is 6.50. The van der Waals surface area contributed by atoms with Gasteiger partial charge in [0.25, 0.3) is 0 Å². The van der Waals surface area contributed by atoms with Gasteiger partial charge in [-0.3, -0.25) is 9.59 Å². The van der Waals surface area contributed by atoms with Crippen LogP contribution in [0, 0.1) is 0 Å². The van der Waals surface area contributed by atoms with E-state index in [-0.39, 0.29) is 30.9 Å². The number of likely N-dealkylation sites (tertiary alicyclic amines) is 1. The quantitative estimate of drug-likeness (QED) is 0.538. The lowest BCUT2D eigenvalue weighted by molar-refractivity contribution is -0.134. The number of nitrogens with zero attached hydrogens (tertiary/aromatic N) is 1. The van der Waals surface area contributed by atoms with Gasteiger partial charge in [0.05, 0.1) is 6.54 Å². The lowest BCUT2D eigenvalue weighted by Crippen LogP contribution is -2.51. The highest BCUT2D eigenvalue weighted by atomic mass is 16.2. The van der Waals surface area contributed by atoms with Crippen LogP contribution >= 0.6 is 0 Å². The molecule has 1 aliphatic heterocycles. The van der Waals surface area contributed by atoms with Crippen molar-refractivity contribution in [1.82, 2.24) is 15.5 Å². The third-order valence-corrected chi connectivity index (χ3v) is 4.50. The smallest absolute Gasteiger partial charge is 0.245 e. The van der Waals surface area contributed by atoms with E-state index in [1.165, 1.54) is 4.90 Å². The molecule has 0 bridgehead atoms. The molecule has 1 aromatic rings. The van der Waals surface area contributed by atoms with Gasteiger partial charge in [0.1, 0.15) is 18.4 Å². The summed E-state index contributed by atoms with van der Waals surface area (Å²) in [5, 5.41) is 5.85. The predicted molar refractivity (Wildman–Crippen MR) is 99.1 cm³/mol. The summed E-state index contributed by atoms with van der Waals surface area (Å²) in [4.78, 5) is 37.4. The molecule has 26 heavy (non-hydrogen) atoms. The average molecular weight is 358 g/mol. The lowest BCUT2D eigenvalue weighted by atomic mass is 10.0. The number of aldehydes is 1. The molecule has 2 amide bonds. The number of nitrogens with one attached hydrogen (secondary N) is 2. The topological polar surface area (TPSA) is 105 Å². The Bertz CT molecular complexity index is 662. The van der Waals surface area contributed by atoms with E-state index in [9.17, 15) is 14.4 Å². The van der Waals surface area contributed by atoms with Gasteiger partial charge < -0.3 is 26.1 Å². The normalized spacial score (nSPS) is 20.5. The van der Waals surface area contributed by atoms with Crippen LogP contribution < -0.4 is 16.4 Å². The second-order valence-electron chi connectivity index (χ2n) is 6.50. The van der Waals surface area contributed by atoms with E-state index >= 15 is 0 Å². The average Bonchev–Trinajstić information content (AvgIpc) is 2.89. The number of rotatable bonds is 9. The van der Waals surface area contributed by atoms with Gasteiger partial charge in [-0.25, -0.2) is 0 Å². The number of hydrogen-bond acceptors (Lipinski definition) is 5. The van der Waals surface area contributed by atoms with Gasteiger partial charge in [0.15, 0.2) is 0 Å². The van der Waals surface area contributed by atoms with Crippen molar-refractivity contribution < 1.29 is 14.4 Å². The van der Waals surface area contributed by atoms with E-state index in [4.69, 9.17) is 5.73 Å². The van der Waals surface area contributed by atoms with E-state index in [2.05, 4.69) is 17.2 Å². The SMILES string of the molecule is C=C(CN)NC(Cc1ccccc1)C(=O)NC1CC(C)N(CC=O)C1=O. The van der Waals surface area contributed by atoms with E-state index in [1.54, 1.807) is 0 Å². The van der Waals surface area contributed by atoms with Crippen molar-refractivity contribution in [3.63, 3.8) is 0 Å². The van der Waals surface area contributed by atoms with Gasteiger partial charge in [-0.1, -0.05) is 36.9 Å². The van der Waals surface area contributed by atoms with E-state index in [0.29, 0.717) is 24.8 Å². The van der Waals surface area contributed by atoms with Gasteiger partial charge in [0, 0.05) is 24.7 Å². The van der Waals surface area contributed by atoms with Gasteiger partial charge in [-0.05, 0) is 18.9 Å². The molecule has 7 nitrogen and oxygen atoms in total. The molecular formula is C19H26N4O3. The van der Waals surface area contributed by atoms with E-state index in [1.807, 2.05) is 37.3 Å². The molecule has 1 heterocycles. The molecule has 0 aliphatic carbocycles. The number of hydrogen-bond donors (Lipinski definition) is 3. The van der Waals surface area contributed by atoms with Crippen LogP contribution in [0.15, 0.2) is 42.6 Å². The first-order valence-corrected chi connectivity index (χ1v) is 8.69. The molecule has 1 aliphatic rings. The molecule has 1 aromatic carbocycles. The summed E-state index contributed by atoms with van der Waals surface area (Å²) >= 11 is 0. The number of carbonyl (C=O) groups excluding carboxylic acids is 3. The highest BCUT2D eigenvalue weighted by Crippen LogP contribution is 2.18. The van der Waals surface area contributed by atoms with Crippen LogP contribution in [-0.2, 0) is 20.8 Å². The Hall–Kier alpha value is -2.67. The molecule has 3 unspecified atom stereocenters. The summed E-state index contributed by atoms with van der Waals surface area (Å²) in [6, 6.07) is 8.29. The molecule has 2 rings (SSSR count). The molecule has 0 saturated carbocycles. The summed E-state index contributed by atoms with van der Waals surface area (Å²) in [6.45, 7) is 5.92. The standard InChI is InChI=1S/C19H26N4O3/c1-13(12-20)21-16(11-15-6-4-3-5-7-15)18(25)22-17-10-14(2)23(8-9-24)19(17)26/h3-7,9,14,16-17,21H,1,8,10-12,20H2,2H3,(H,22,25). The third kappa shape index (κ3) is 4.92. The highest BCUT2D eigenvalue weighted by molar-refractivity contribution is 5.92. The van der Waals surface area contributed by atoms with Crippen molar-refractivity contribution in [3.05, 3.63) is 48.2 Å². The first kappa shape index (κ1) is 19.7. The van der Waals surface area contributed by atoms with Crippen molar-refractivity contribution >= 4 is 18.1 Å². The molecule has 0 radical (unpaired) electrons. The largest absolute Gasteiger partial charge is 0.376 e. The van der Waals surface area contributed by atoms with Gasteiger partial charge in [-0.15, -0.1) is 0 Å². The summed E-state index contributed by atoms with van der Waals surface area (Å²) in [5.41, 5.74) is 7.12. The maximum atomic E-state index is 12.8. The Kier molecular flexibility index (Phi) is 6.91. The van der Waals surface area contributed by atoms with Crippen LogP contribution in [-0.4, -0.2) is 54.2 Å². The van der Waals surface area contributed by atoms with Crippen molar-refractivity contribution in [1.29, 1.82) is 0 Å². The Morgan fingerprint density at radius 3 is 2.73 bits per heavy atom. The first-order valence-electron chi connectivity index (χ1n) is 8.69. The Balaban J connectivity index is 2.07. The molecular weight excluding hydrogens is 332 g/mol. The molecule has 3 atom stereocenters. The third-order valence-electron chi connectivity index (χ3n) is 4.50. The van der Waals surface area contributed by atoms with Crippen molar-refractivity contribution in [2.45, 2.75) is 37.9 Å². The fraction of sp³-hybridized carbons (Fsp3) is 0.421. The molecule has 1 saturated heterocycles. The van der Waals surface area contributed by atoms with Crippen molar-refractivity contribution in [3.8, 4) is 0 Å². The monoisotopic (exact) mass is 358 g/mol. The molecule has 4 N–H and O–H groups in total. The zero-order valence-electron chi connectivity index (χ0n) is 15.0. The second kappa shape index (κ2) is 9.15. The van der Waals surface area contributed by atoms with E-state index in [0.717, 1.165) is 5.56 Å². The minimum Gasteiger partial charge on any atom is -0.376 e. The van der Waals surface area contributed by atoms with E-state index < -0.39 is 12.1 Å². The fourth-order valence-corrected chi connectivity index (χ4v) is 3.09. The zero-order chi connectivity index (χ0) is 19.1. The van der Waals surface area contributed by atoms with Crippen LogP contribution in [0.1, 0.15) is 18.9 Å². The molecule has 140 valence electrons. The van der Waals surface area contributed by atoms with Crippen LogP contribution in [0.3, 0.4) is 0 Å². The maximum Gasteiger partial charge on any atom is 0.245 e. The van der Waals surface area contributed by atoms with Crippen molar-refractivity contribution in [2.75, 3.05) is 13.1 Å². The first-order chi connectivity index (χ1) is 12.5. The van der Waals surface area contributed by atoms with Crippen LogP contribution in [0.4, 0.5) is 0 Å². The lowest BCUT2D eigenvalue weighted by Gasteiger charge is -2.22. The fourth-order valence-electron chi connectivity index (χ4n) is 3.09. The molecule has 7 heteroatoms. The van der Waals surface area contributed by atoms with Crippen molar-refractivity contribution in [2.24, 2.45) is 5.73 Å². The number of amides is 2. The van der Waals surface area contributed by atoms with Gasteiger partial charge in [-0.2, -0.15) is 0 Å². The summed E-state index contributed by atoms with van der Waals surface area (Å²) in [7, 11) is 0. The van der Waals surface area contributed by atoms with Gasteiger partial charge in [0.2, 0.25) is 11.8 Å². The Morgan fingerprint density at radius 1 is 1.42 bits per heavy atom. The molecule has 1 fully saturated rings. The summed E-state index contributed by atoms with van der Waals surface area (Å²) in [5.74, 6) is -0.518. The van der Waals surface area contributed by atoms with Gasteiger partial charge >= 0.3 is 0 Å². The summed E-state index contributed by atoms with van der Waals surface area (Å²) in [6.07, 6.45) is 1.62. The number of carbonyl (C=O) groups is 3. The van der Waals surface area contributed by atoms with Crippen LogP contribution in [0.5, 0.6) is 0 Å².